The van der Waals surface area contributed by atoms with E-state index in [1.54, 1.807) is 6.33 Å². The van der Waals surface area contributed by atoms with Gasteiger partial charge in [0.15, 0.2) is 0 Å². The Morgan fingerprint density at radius 1 is 1.29 bits per heavy atom. The van der Waals surface area contributed by atoms with Crippen LogP contribution in [-0.2, 0) is 12.8 Å². The van der Waals surface area contributed by atoms with E-state index in [9.17, 15) is 0 Å². The lowest BCUT2D eigenvalue weighted by Crippen LogP contribution is -2.18. The van der Waals surface area contributed by atoms with Crippen molar-refractivity contribution in [2.24, 2.45) is 11.7 Å². The quantitative estimate of drug-likeness (QED) is 0.829. The van der Waals surface area contributed by atoms with Crippen LogP contribution in [0.4, 0.5) is 5.82 Å². The van der Waals surface area contributed by atoms with Crippen molar-refractivity contribution in [3.63, 3.8) is 0 Å². The molecule has 2 aliphatic carbocycles. The molecule has 0 aromatic carbocycles. The predicted octanol–water partition coefficient (Wildman–Crippen LogP) is 1.50. The fourth-order valence-corrected chi connectivity index (χ4v) is 3.05. The molecule has 0 aliphatic heterocycles. The molecule has 0 bridgehead atoms. The Hall–Kier alpha value is -1.16. The summed E-state index contributed by atoms with van der Waals surface area (Å²) in [6.45, 7) is 1.01. The number of fused-ring (bicyclic) bond motifs is 1. The average molecular weight is 232 g/mol. The minimum absolute atomic E-state index is 0.415. The molecule has 0 saturated heterocycles. The fourth-order valence-electron chi connectivity index (χ4n) is 3.05. The summed E-state index contributed by atoms with van der Waals surface area (Å²) in [6, 6.07) is 0.415. The second-order valence-corrected chi connectivity index (χ2v) is 5.32. The maximum Gasteiger partial charge on any atom is 0.132 e. The Labute approximate surface area is 102 Å². The highest BCUT2D eigenvalue weighted by Gasteiger charge is 2.22. The van der Waals surface area contributed by atoms with Gasteiger partial charge in [-0.15, -0.1) is 0 Å². The zero-order valence-electron chi connectivity index (χ0n) is 10.2. The average Bonchev–Trinajstić information content (AvgIpc) is 2.94. The molecular formula is C13H20N4. The summed E-state index contributed by atoms with van der Waals surface area (Å²) in [5.74, 6) is 1.78. The summed E-state index contributed by atoms with van der Waals surface area (Å²) >= 11 is 0. The van der Waals surface area contributed by atoms with E-state index in [4.69, 9.17) is 5.73 Å². The van der Waals surface area contributed by atoms with Crippen LogP contribution in [0.1, 0.15) is 36.9 Å². The number of nitrogens with zero attached hydrogens (tertiary/aromatic N) is 2. The molecule has 1 aromatic rings. The number of nitrogens with two attached hydrogens (primary N) is 1. The zero-order valence-corrected chi connectivity index (χ0v) is 10.2. The molecule has 1 saturated carbocycles. The minimum atomic E-state index is 0.415. The van der Waals surface area contributed by atoms with E-state index in [-0.39, 0.29) is 0 Å². The summed E-state index contributed by atoms with van der Waals surface area (Å²) in [6.07, 6.45) is 8.73. The lowest BCUT2D eigenvalue weighted by molar-refractivity contribution is 0.564. The van der Waals surface area contributed by atoms with Gasteiger partial charge >= 0.3 is 0 Å². The Bertz CT molecular complexity index is 404. The van der Waals surface area contributed by atoms with Gasteiger partial charge in [0.1, 0.15) is 12.1 Å². The molecule has 1 fully saturated rings. The Kier molecular flexibility index (Phi) is 2.97. The van der Waals surface area contributed by atoms with Gasteiger partial charge in [-0.3, -0.25) is 0 Å². The third-order valence-electron chi connectivity index (χ3n) is 4.01. The zero-order chi connectivity index (χ0) is 11.7. The van der Waals surface area contributed by atoms with Crippen molar-refractivity contribution in [3.05, 3.63) is 17.6 Å². The monoisotopic (exact) mass is 232 g/mol. The van der Waals surface area contributed by atoms with Crippen molar-refractivity contribution in [1.82, 2.24) is 9.97 Å². The van der Waals surface area contributed by atoms with Gasteiger partial charge < -0.3 is 11.1 Å². The van der Waals surface area contributed by atoms with Crippen LogP contribution in [0.25, 0.3) is 0 Å². The van der Waals surface area contributed by atoms with Crippen LogP contribution >= 0.6 is 0 Å². The van der Waals surface area contributed by atoms with E-state index >= 15 is 0 Å². The summed E-state index contributed by atoms with van der Waals surface area (Å²) in [4.78, 5) is 8.72. The van der Waals surface area contributed by atoms with Crippen molar-refractivity contribution in [2.75, 3.05) is 11.9 Å². The summed E-state index contributed by atoms with van der Waals surface area (Å²) in [5.41, 5.74) is 8.51. The Morgan fingerprint density at radius 2 is 2.24 bits per heavy atom. The first-order chi connectivity index (χ1) is 8.33. The molecule has 3 N–H and O–H groups in total. The number of nitrogens with one attached hydrogen (secondary N) is 1. The van der Waals surface area contributed by atoms with Crippen LogP contribution in [0.15, 0.2) is 6.33 Å². The van der Waals surface area contributed by atoms with E-state index in [1.165, 1.54) is 30.5 Å². The predicted molar refractivity (Wildman–Crippen MR) is 67.9 cm³/mol. The number of rotatable bonds is 3. The number of hydrogen-bond donors (Lipinski definition) is 2. The van der Waals surface area contributed by atoms with Crippen LogP contribution in [0.3, 0.4) is 0 Å². The SMILES string of the molecule is NC1CCC(CNc2ncnc3c2CCC3)C1. The van der Waals surface area contributed by atoms with Crippen LogP contribution in [0.5, 0.6) is 0 Å². The van der Waals surface area contributed by atoms with E-state index < -0.39 is 0 Å². The van der Waals surface area contributed by atoms with Crippen molar-refractivity contribution < 1.29 is 0 Å². The number of hydrogen-bond acceptors (Lipinski definition) is 4. The largest absolute Gasteiger partial charge is 0.369 e. The molecule has 17 heavy (non-hydrogen) atoms. The lowest BCUT2D eigenvalue weighted by atomic mass is 10.1. The normalized spacial score (nSPS) is 27.1. The molecule has 4 heteroatoms. The highest BCUT2D eigenvalue weighted by Crippen LogP contribution is 2.27. The topological polar surface area (TPSA) is 63.8 Å². The third-order valence-corrected chi connectivity index (χ3v) is 4.01. The lowest BCUT2D eigenvalue weighted by Gasteiger charge is -2.13. The van der Waals surface area contributed by atoms with Gasteiger partial charge in [-0.2, -0.15) is 0 Å². The molecular weight excluding hydrogens is 212 g/mol. The number of aryl methyl sites for hydroxylation is 1. The maximum atomic E-state index is 5.93. The van der Waals surface area contributed by atoms with Gasteiger partial charge in [0.2, 0.25) is 0 Å². The molecule has 0 spiro atoms. The molecule has 2 unspecified atom stereocenters. The molecule has 2 atom stereocenters. The molecule has 1 aromatic heterocycles. The first-order valence-corrected chi connectivity index (χ1v) is 6.65. The smallest absolute Gasteiger partial charge is 0.132 e. The standard InChI is InChI=1S/C13H20N4/c14-10-5-4-9(6-10)7-15-13-11-2-1-3-12(11)16-8-17-13/h8-10H,1-7,14H2,(H,15,16,17). The molecule has 92 valence electrons. The van der Waals surface area contributed by atoms with Crippen LogP contribution in [0.2, 0.25) is 0 Å². The Morgan fingerprint density at radius 3 is 3.06 bits per heavy atom. The van der Waals surface area contributed by atoms with Crippen molar-refractivity contribution in [3.8, 4) is 0 Å². The van der Waals surface area contributed by atoms with E-state index in [0.29, 0.717) is 6.04 Å². The second kappa shape index (κ2) is 4.61. The van der Waals surface area contributed by atoms with Gasteiger partial charge in [-0.25, -0.2) is 9.97 Å². The van der Waals surface area contributed by atoms with Crippen LogP contribution < -0.4 is 11.1 Å². The molecule has 0 amide bonds. The van der Waals surface area contributed by atoms with Gasteiger partial charge in [0, 0.05) is 23.8 Å². The van der Waals surface area contributed by atoms with E-state index in [0.717, 1.165) is 37.5 Å². The summed E-state index contributed by atoms with van der Waals surface area (Å²) < 4.78 is 0. The number of anilines is 1. The third kappa shape index (κ3) is 2.27. The highest BCUT2D eigenvalue weighted by atomic mass is 15.0. The van der Waals surface area contributed by atoms with Gasteiger partial charge in [0.25, 0.3) is 0 Å². The minimum Gasteiger partial charge on any atom is -0.369 e. The van der Waals surface area contributed by atoms with Crippen LogP contribution in [0, 0.1) is 5.92 Å². The molecule has 1 heterocycles. The first kappa shape index (κ1) is 11.0. The van der Waals surface area contributed by atoms with Crippen LogP contribution in [-0.4, -0.2) is 22.6 Å². The van der Waals surface area contributed by atoms with Gasteiger partial charge in [0.05, 0.1) is 0 Å². The van der Waals surface area contributed by atoms with Crippen molar-refractivity contribution >= 4 is 5.82 Å². The van der Waals surface area contributed by atoms with Gasteiger partial charge in [-0.1, -0.05) is 0 Å². The number of aromatic nitrogens is 2. The van der Waals surface area contributed by atoms with E-state index in [2.05, 4.69) is 15.3 Å². The fraction of sp³-hybridized carbons (Fsp3) is 0.692. The molecule has 0 radical (unpaired) electrons. The molecule has 2 aliphatic rings. The summed E-state index contributed by atoms with van der Waals surface area (Å²) in [7, 11) is 0. The second-order valence-electron chi connectivity index (χ2n) is 5.32. The highest BCUT2D eigenvalue weighted by molar-refractivity contribution is 5.47. The summed E-state index contributed by atoms with van der Waals surface area (Å²) in [5, 5.41) is 3.50. The van der Waals surface area contributed by atoms with Crippen molar-refractivity contribution in [1.29, 1.82) is 0 Å². The van der Waals surface area contributed by atoms with E-state index in [1.807, 2.05) is 0 Å². The Balaban J connectivity index is 1.64. The molecule has 3 rings (SSSR count). The van der Waals surface area contributed by atoms with Crippen molar-refractivity contribution in [2.45, 2.75) is 44.6 Å². The maximum absolute atomic E-state index is 5.93. The van der Waals surface area contributed by atoms with Gasteiger partial charge in [-0.05, 0) is 44.4 Å². The first-order valence-electron chi connectivity index (χ1n) is 6.65. The molecule has 4 nitrogen and oxygen atoms in total.